The fourth-order valence-corrected chi connectivity index (χ4v) is 1.89. The van der Waals surface area contributed by atoms with Gasteiger partial charge in [-0.3, -0.25) is 14.9 Å². The Bertz CT molecular complexity index is 444. The van der Waals surface area contributed by atoms with Crippen molar-refractivity contribution in [3.05, 3.63) is 39.9 Å². The molecule has 0 saturated heterocycles. The maximum atomic E-state index is 11.3. The molecule has 1 aromatic carbocycles. The van der Waals surface area contributed by atoms with Crippen LogP contribution in [0, 0.1) is 16.0 Å². The summed E-state index contributed by atoms with van der Waals surface area (Å²) in [5.74, 6) is -0.530. The summed E-state index contributed by atoms with van der Waals surface area (Å²) >= 11 is 0. The average Bonchev–Trinajstić information content (AvgIpc) is 2.38. The number of nitro groups is 1. The molecule has 0 aliphatic rings. The zero-order chi connectivity index (χ0) is 14.4. The van der Waals surface area contributed by atoms with Crippen LogP contribution in [-0.2, 0) is 16.0 Å². The van der Waals surface area contributed by atoms with Crippen LogP contribution in [0.5, 0.6) is 0 Å². The standard InChI is InChI=1S/C13H18N2O4/c1-9(13(16)19-2)7-11(14)8-10-3-5-12(6-4-10)15(17)18/h3-6,9,11H,7-8,14H2,1-2H3. The molecule has 6 heteroatoms. The van der Waals surface area contributed by atoms with Gasteiger partial charge in [-0.2, -0.15) is 0 Å². The van der Waals surface area contributed by atoms with Crippen molar-refractivity contribution in [3.63, 3.8) is 0 Å². The minimum atomic E-state index is -0.441. The predicted molar refractivity (Wildman–Crippen MR) is 70.6 cm³/mol. The highest BCUT2D eigenvalue weighted by Gasteiger charge is 2.17. The largest absolute Gasteiger partial charge is 0.469 e. The number of nitrogens with zero attached hydrogens (tertiary/aromatic N) is 1. The summed E-state index contributed by atoms with van der Waals surface area (Å²) in [5, 5.41) is 10.5. The van der Waals surface area contributed by atoms with E-state index in [1.807, 2.05) is 0 Å². The smallest absolute Gasteiger partial charge is 0.308 e. The third-order valence-electron chi connectivity index (χ3n) is 2.90. The molecule has 0 radical (unpaired) electrons. The van der Waals surface area contributed by atoms with Gasteiger partial charge in [0.15, 0.2) is 0 Å². The molecule has 0 heterocycles. The monoisotopic (exact) mass is 266 g/mol. The van der Waals surface area contributed by atoms with E-state index < -0.39 is 4.92 Å². The van der Waals surface area contributed by atoms with Crippen molar-refractivity contribution in [2.75, 3.05) is 7.11 Å². The normalized spacial score (nSPS) is 13.6. The van der Waals surface area contributed by atoms with E-state index in [1.165, 1.54) is 19.2 Å². The molecular weight excluding hydrogens is 248 g/mol. The fraction of sp³-hybridized carbons (Fsp3) is 0.462. The molecule has 104 valence electrons. The number of nitrogens with two attached hydrogens (primary N) is 1. The lowest BCUT2D eigenvalue weighted by Gasteiger charge is -2.15. The van der Waals surface area contributed by atoms with Gasteiger partial charge in [-0.25, -0.2) is 0 Å². The molecule has 0 fully saturated rings. The van der Waals surface area contributed by atoms with Crippen LogP contribution in [0.25, 0.3) is 0 Å². The van der Waals surface area contributed by atoms with Crippen molar-refractivity contribution >= 4 is 11.7 Å². The van der Waals surface area contributed by atoms with Crippen LogP contribution in [0.15, 0.2) is 24.3 Å². The quantitative estimate of drug-likeness (QED) is 0.480. The van der Waals surface area contributed by atoms with Crippen molar-refractivity contribution in [2.24, 2.45) is 11.7 Å². The van der Waals surface area contributed by atoms with Gasteiger partial charge in [0.1, 0.15) is 0 Å². The van der Waals surface area contributed by atoms with E-state index in [0.717, 1.165) is 5.56 Å². The third kappa shape index (κ3) is 4.67. The zero-order valence-corrected chi connectivity index (χ0v) is 11.0. The lowest BCUT2D eigenvalue weighted by molar-refractivity contribution is -0.384. The maximum absolute atomic E-state index is 11.3. The maximum Gasteiger partial charge on any atom is 0.308 e. The van der Waals surface area contributed by atoms with Crippen LogP contribution >= 0.6 is 0 Å². The number of benzene rings is 1. The van der Waals surface area contributed by atoms with E-state index in [1.54, 1.807) is 19.1 Å². The van der Waals surface area contributed by atoms with Gasteiger partial charge in [0.2, 0.25) is 0 Å². The Morgan fingerprint density at radius 3 is 2.47 bits per heavy atom. The number of rotatable bonds is 6. The predicted octanol–water partition coefficient (Wildman–Crippen LogP) is 1.66. The van der Waals surface area contributed by atoms with Crippen molar-refractivity contribution < 1.29 is 14.5 Å². The molecule has 0 saturated carbocycles. The molecule has 1 aromatic rings. The number of hydrogen-bond acceptors (Lipinski definition) is 5. The first-order chi connectivity index (χ1) is 8.93. The lowest BCUT2D eigenvalue weighted by Crippen LogP contribution is -2.28. The van der Waals surface area contributed by atoms with Gasteiger partial charge < -0.3 is 10.5 Å². The number of carbonyl (C=O) groups is 1. The number of esters is 1. The second kappa shape index (κ2) is 6.84. The molecular formula is C13H18N2O4. The molecule has 0 spiro atoms. The van der Waals surface area contributed by atoms with Gasteiger partial charge >= 0.3 is 5.97 Å². The molecule has 0 amide bonds. The Hall–Kier alpha value is -1.95. The van der Waals surface area contributed by atoms with Crippen LogP contribution in [0.4, 0.5) is 5.69 Å². The number of non-ortho nitro benzene ring substituents is 1. The Morgan fingerprint density at radius 1 is 1.42 bits per heavy atom. The third-order valence-corrected chi connectivity index (χ3v) is 2.90. The highest BCUT2D eigenvalue weighted by Crippen LogP contribution is 2.15. The summed E-state index contributed by atoms with van der Waals surface area (Å²) in [4.78, 5) is 21.3. The molecule has 1 rings (SSSR count). The topological polar surface area (TPSA) is 95.5 Å². The van der Waals surface area contributed by atoms with E-state index in [9.17, 15) is 14.9 Å². The number of hydrogen-bond donors (Lipinski definition) is 1. The Balaban J connectivity index is 2.54. The molecule has 2 unspecified atom stereocenters. The summed E-state index contributed by atoms with van der Waals surface area (Å²) in [6.07, 6.45) is 1.09. The van der Waals surface area contributed by atoms with Crippen LogP contribution in [0.2, 0.25) is 0 Å². The first-order valence-electron chi connectivity index (χ1n) is 6.00. The van der Waals surface area contributed by atoms with Gasteiger partial charge in [-0.05, 0) is 18.4 Å². The molecule has 0 bridgehead atoms. The number of carbonyl (C=O) groups excluding carboxylic acids is 1. The number of methoxy groups -OCH3 is 1. The Labute approximate surface area is 111 Å². The number of ether oxygens (including phenoxy) is 1. The minimum Gasteiger partial charge on any atom is -0.469 e. The Morgan fingerprint density at radius 2 is 2.00 bits per heavy atom. The van der Waals surface area contributed by atoms with Crippen LogP contribution < -0.4 is 5.73 Å². The molecule has 6 nitrogen and oxygen atoms in total. The number of nitro benzene ring substituents is 1. The van der Waals surface area contributed by atoms with E-state index in [-0.39, 0.29) is 23.6 Å². The van der Waals surface area contributed by atoms with Crippen LogP contribution in [-0.4, -0.2) is 24.0 Å². The van der Waals surface area contributed by atoms with Gasteiger partial charge in [0.05, 0.1) is 18.0 Å². The molecule has 19 heavy (non-hydrogen) atoms. The van der Waals surface area contributed by atoms with E-state index in [0.29, 0.717) is 12.8 Å². The van der Waals surface area contributed by atoms with Crippen molar-refractivity contribution in [2.45, 2.75) is 25.8 Å². The van der Waals surface area contributed by atoms with Crippen LogP contribution in [0.3, 0.4) is 0 Å². The Kier molecular flexibility index (Phi) is 5.44. The first kappa shape index (κ1) is 15.1. The van der Waals surface area contributed by atoms with E-state index in [2.05, 4.69) is 4.74 Å². The van der Waals surface area contributed by atoms with E-state index >= 15 is 0 Å². The lowest BCUT2D eigenvalue weighted by atomic mass is 9.97. The molecule has 0 aliphatic carbocycles. The highest BCUT2D eigenvalue weighted by molar-refractivity contribution is 5.71. The van der Waals surface area contributed by atoms with Crippen molar-refractivity contribution in [1.29, 1.82) is 0 Å². The summed E-state index contributed by atoms with van der Waals surface area (Å²) in [6.45, 7) is 1.77. The summed E-state index contributed by atoms with van der Waals surface area (Å²) in [6, 6.07) is 6.08. The molecule has 2 N–H and O–H groups in total. The first-order valence-corrected chi connectivity index (χ1v) is 6.00. The molecule has 0 aliphatic heterocycles. The van der Waals surface area contributed by atoms with Crippen molar-refractivity contribution in [3.8, 4) is 0 Å². The van der Waals surface area contributed by atoms with Crippen LogP contribution in [0.1, 0.15) is 18.9 Å². The SMILES string of the molecule is COC(=O)C(C)CC(N)Cc1ccc([N+](=O)[O-])cc1. The van der Waals surface area contributed by atoms with E-state index in [4.69, 9.17) is 5.73 Å². The zero-order valence-electron chi connectivity index (χ0n) is 11.0. The summed E-state index contributed by atoms with van der Waals surface area (Å²) < 4.78 is 4.64. The van der Waals surface area contributed by atoms with Gasteiger partial charge in [0, 0.05) is 18.2 Å². The second-order valence-corrected chi connectivity index (χ2v) is 4.55. The highest BCUT2D eigenvalue weighted by atomic mass is 16.6. The second-order valence-electron chi connectivity index (χ2n) is 4.55. The van der Waals surface area contributed by atoms with Crippen molar-refractivity contribution in [1.82, 2.24) is 0 Å². The average molecular weight is 266 g/mol. The van der Waals surface area contributed by atoms with Gasteiger partial charge in [-0.15, -0.1) is 0 Å². The minimum absolute atomic E-state index is 0.0558. The fourth-order valence-electron chi connectivity index (χ4n) is 1.89. The van der Waals surface area contributed by atoms with Gasteiger partial charge in [-0.1, -0.05) is 19.1 Å². The molecule has 0 aromatic heterocycles. The molecule has 2 atom stereocenters. The van der Waals surface area contributed by atoms with Gasteiger partial charge in [0.25, 0.3) is 5.69 Å². The summed E-state index contributed by atoms with van der Waals surface area (Å²) in [5.41, 5.74) is 6.92. The summed E-state index contributed by atoms with van der Waals surface area (Å²) in [7, 11) is 1.35.